The van der Waals surface area contributed by atoms with Crippen LogP contribution >= 0.6 is 0 Å². The first-order valence-electron chi connectivity index (χ1n) is 9.34. The molecule has 2 aromatic carbocycles. The van der Waals surface area contributed by atoms with Crippen molar-refractivity contribution < 1.29 is 14.3 Å². The summed E-state index contributed by atoms with van der Waals surface area (Å²) in [6.45, 7) is 3.66. The molecule has 0 atom stereocenters. The van der Waals surface area contributed by atoms with E-state index in [1.165, 1.54) is 5.56 Å². The van der Waals surface area contributed by atoms with Crippen LogP contribution < -0.4 is 9.47 Å². The average Bonchev–Trinajstić information content (AvgIpc) is 2.69. The Balaban J connectivity index is 1.48. The van der Waals surface area contributed by atoms with Gasteiger partial charge in [0.05, 0.1) is 13.5 Å². The van der Waals surface area contributed by atoms with E-state index in [4.69, 9.17) is 9.47 Å². The van der Waals surface area contributed by atoms with Crippen LogP contribution in [0.25, 0.3) is 0 Å². The monoisotopic (exact) mass is 353 g/mol. The SMILES string of the molecule is CCc1cccc(OC2CCN(C(=O)Cc3ccc(OC)cc3)CC2)c1. The minimum absolute atomic E-state index is 0.182. The van der Waals surface area contributed by atoms with E-state index in [2.05, 4.69) is 19.1 Å². The number of carbonyl (C=O) groups excluding carboxylic acids is 1. The maximum Gasteiger partial charge on any atom is 0.226 e. The number of carbonyl (C=O) groups is 1. The number of amides is 1. The standard InChI is InChI=1S/C22H27NO3/c1-3-17-5-4-6-21(15-17)26-20-11-13-23(14-12-20)22(24)16-18-7-9-19(25-2)10-8-18/h4-10,15,20H,3,11-14,16H2,1-2H3. The molecule has 0 spiro atoms. The Labute approximate surface area is 155 Å². The van der Waals surface area contributed by atoms with Crippen molar-refractivity contribution in [2.45, 2.75) is 38.7 Å². The molecule has 3 rings (SSSR count). The number of piperidine rings is 1. The zero-order chi connectivity index (χ0) is 18.4. The zero-order valence-electron chi connectivity index (χ0n) is 15.6. The number of rotatable bonds is 6. The maximum absolute atomic E-state index is 12.5. The summed E-state index contributed by atoms with van der Waals surface area (Å²) in [6.07, 6.45) is 3.39. The Morgan fingerprint density at radius 3 is 2.42 bits per heavy atom. The fraction of sp³-hybridized carbons (Fsp3) is 0.409. The lowest BCUT2D eigenvalue weighted by molar-refractivity contribution is -0.132. The summed E-state index contributed by atoms with van der Waals surface area (Å²) in [5, 5.41) is 0. The van der Waals surface area contributed by atoms with Gasteiger partial charge >= 0.3 is 0 Å². The van der Waals surface area contributed by atoms with E-state index in [9.17, 15) is 4.79 Å². The van der Waals surface area contributed by atoms with Crippen LogP contribution in [0.5, 0.6) is 11.5 Å². The van der Waals surface area contributed by atoms with Crippen LogP contribution in [0.4, 0.5) is 0 Å². The highest BCUT2D eigenvalue weighted by atomic mass is 16.5. The third-order valence-corrected chi connectivity index (χ3v) is 4.92. The van der Waals surface area contributed by atoms with E-state index in [0.29, 0.717) is 6.42 Å². The van der Waals surface area contributed by atoms with E-state index >= 15 is 0 Å². The van der Waals surface area contributed by atoms with E-state index in [0.717, 1.165) is 49.4 Å². The van der Waals surface area contributed by atoms with Crippen LogP contribution in [-0.2, 0) is 17.6 Å². The molecule has 4 heteroatoms. The number of hydrogen-bond donors (Lipinski definition) is 0. The number of hydrogen-bond acceptors (Lipinski definition) is 3. The van der Waals surface area contributed by atoms with Gasteiger partial charge in [0.1, 0.15) is 17.6 Å². The van der Waals surface area contributed by atoms with E-state index < -0.39 is 0 Å². The van der Waals surface area contributed by atoms with Gasteiger partial charge in [0, 0.05) is 25.9 Å². The van der Waals surface area contributed by atoms with Crippen LogP contribution in [-0.4, -0.2) is 37.1 Å². The molecule has 1 heterocycles. The quantitative estimate of drug-likeness (QED) is 0.791. The average molecular weight is 353 g/mol. The van der Waals surface area contributed by atoms with Crippen LogP contribution in [0.1, 0.15) is 30.9 Å². The summed E-state index contributed by atoms with van der Waals surface area (Å²) in [4.78, 5) is 14.5. The number of likely N-dealkylation sites (tertiary alicyclic amines) is 1. The molecule has 1 aliphatic rings. The molecule has 0 bridgehead atoms. The van der Waals surface area contributed by atoms with Gasteiger partial charge in [-0.25, -0.2) is 0 Å². The van der Waals surface area contributed by atoms with Crippen LogP contribution in [0.15, 0.2) is 48.5 Å². The predicted octanol–water partition coefficient (Wildman–Crippen LogP) is 3.87. The summed E-state index contributed by atoms with van der Waals surface area (Å²) < 4.78 is 11.3. The van der Waals surface area contributed by atoms with Crippen molar-refractivity contribution in [3.8, 4) is 11.5 Å². The molecule has 4 nitrogen and oxygen atoms in total. The van der Waals surface area contributed by atoms with Crippen LogP contribution in [0.3, 0.4) is 0 Å². The highest BCUT2D eigenvalue weighted by Gasteiger charge is 2.24. The predicted molar refractivity (Wildman–Crippen MR) is 103 cm³/mol. The number of nitrogens with zero attached hydrogens (tertiary/aromatic N) is 1. The first-order valence-corrected chi connectivity index (χ1v) is 9.34. The Morgan fingerprint density at radius 1 is 1.04 bits per heavy atom. The summed E-state index contributed by atoms with van der Waals surface area (Å²) in [5.74, 6) is 1.93. The van der Waals surface area contributed by atoms with E-state index in [1.807, 2.05) is 41.3 Å². The molecule has 1 aliphatic heterocycles. The molecule has 0 saturated carbocycles. The van der Waals surface area contributed by atoms with Crippen LogP contribution in [0, 0.1) is 0 Å². The first kappa shape index (κ1) is 18.3. The van der Waals surface area contributed by atoms with Crippen molar-refractivity contribution in [1.29, 1.82) is 0 Å². The molecular formula is C22H27NO3. The molecule has 1 fully saturated rings. The zero-order valence-corrected chi connectivity index (χ0v) is 15.6. The lowest BCUT2D eigenvalue weighted by Gasteiger charge is -2.32. The van der Waals surface area contributed by atoms with Crippen molar-refractivity contribution >= 4 is 5.91 Å². The molecule has 0 radical (unpaired) electrons. The molecule has 0 N–H and O–H groups in total. The molecule has 26 heavy (non-hydrogen) atoms. The first-order chi connectivity index (χ1) is 12.7. The normalized spacial score (nSPS) is 14.9. The Kier molecular flexibility index (Phi) is 6.16. The molecule has 2 aromatic rings. The minimum Gasteiger partial charge on any atom is -0.497 e. The highest BCUT2D eigenvalue weighted by molar-refractivity contribution is 5.78. The summed E-state index contributed by atoms with van der Waals surface area (Å²) >= 11 is 0. The third-order valence-electron chi connectivity index (χ3n) is 4.92. The largest absolute Gasteiger partial charge is 0.497 e. The Hall–Kier alpha value is -2.49. The van der Waals surface area contributed by atoms with Crippen molar-refractivity contribution in [2.75, 3.05) is 20.2 Å². The van der Waals surface area contributed by atoms with Crippen molar-refractivity contribution in [2.24, 2.45) is 0 Å². The molecule has 0 aliphatic carbocycles. The van der Waals surface area contributed by atoms with Gasteiger partial charge in [-0.2, -0.15) is 0 Å². The smallest absolute Gasteiger partial charge is 0.226 e. The number of aryl methyl sites for hydroxylation is 1. The minimum atomic E-state index is 0.182. The molecule has 0 unspecified atom stereocenters. The lowest BCUT2D eigenvalue weighted by Crippen LogP contribution is -2.42. The molecule has 1 amide bonds. The Morgan fingerprint density at radius 2 is 1.77 bits per heavy atom. The van der Waals surface area contributed by atoms with E-state index in [-0.39, 0.29) is 12.0 Å². The van der Waals surface area contributed by atoms with Crippen molar-refractivity contribution in [3.05, 3.63) is 59.7 Å². The van der Waals surface area contributed by atoms with Gasteiger partial charge in [-0.05, 0) is 41.8 Å². The second-order valence-corrected chi connectivity index (χ2v) is 6.72. The second-order valence-electron chi connectivity index (χ2n) is 6.72. The highest BCUT2D eigenvalue weighted by Crippen LogP contribution is 2.21. The molecule has 1 saturated heterocycles. The third kappa shape index (κ3) is 4.78. The van der Waals surface area contributed by atoms with Crippen molar-refractivity contribution in [1.82, 2.24) is 4.90 Å². The molecule has 138 valence electrons. The fourth-order valence-electron chi connectivity index (χ4n) is 3.28. The van der Waals surface area contributed by atoms with Gasteiger partial charge in [0.25, 0.3) is 0 Å². The van der Waals surface area contributed by atoms with Gasteiger partial charge in [-0.3, -0.25) is 4.79 Å². The molecule has 0 aromatic heterocycles. The second kappa shape index (κ2) is 8.75. The summed E-state index contributed by atoms with van der Waals surface area (Å²) in [5.41, 5.74) is 2.31. The lowest BCUT2D eigenvalue weighted by atomic mass is 10.1. The van der Waals surface area contributed by atoms with Gasteiger partial charge in [0.15, 0.2) is 0 Å². The van der Waals surface area contributed by atoms with Gasteiger partial charge < -0.3 is 14.4 Å². The van der Waals surface area contributed by atoms with Crippen molar-refractivity contribution in [3.63, 3.8) is 0 Å². The summed E-state index contributed by atoms with van der Waals surface area (Å²) in [7, 11) is 1.64. The van der Waals surface area contributed by atoms with Gasteiger partial charge in [-0.1, -0.05) is 31.2 Å². The number of benzene rings is 2. The van der Waals surface area contributed by atoms with Gasteiger partial charge in [0.2, 0.25) is 5.91 Å². The topological polar surface area (TPSA) is 38.8 Å². The Bertz CT molecular complexity index is 718. The van der Waals surface area contributed by atoms with Gasteiger partial charge in [-0.15, -0.1) is 0 Å². The fourth-order valence-corrected chi connectivity index (χ4v) is 3.28. The maximum atomic E-state index is 12.5. The van der Waals surface area contributed by atoms with Crippen LogP contribution in [0.2, 0.25) is 0 Å². The molecular weight excluding hydrogens is 326 g/mol. The summed E-state index contributed by atoms with van der Waals surface area (Å²) in [6, 6.07) is 16.0. The van der Waals surface area contributed by atoms with E-state index in [1.54, 1.807) is 7.11 Å². The number of methoxy groups -OCH3 is 1. The number of ether oxygens (including phenoxy) is 2.